The van der Waals surface area contributed by atoms with Gasteiger partial charge in [0.05, 0.1) is 13.7 Å². The van der Waals surface area contributed by atoms with Crippen LogP contribution in [-0.2, 0) is 20.9 Å². The van der Waals surface area contributed by atoms with Gasteiger partial charge in [-0.3, -0.25) is 4.79 Å². The molecule has 0 aliphatic heterocycles. The average molecular weight is 208 g/mol. The summed E-state index contributed by atoms with van der Waals surface area (Å²) >= 11 is 0. The highest BCUT2D eigenvalue weighted by atomic mass is 16.5. The molecule has 15 heavy (non-hydrogen) atoms. The maximum Gasteiger partial charge on any atom is 0.305 e. The Morgan fingerprint density at radius 1 is 1.27 bits per heavy atom. The predicted molar refractivity (Wildman–Crippen MR) is 57.3 cm³/mol. The average Bonchev–Trinajstić information content (AvgIpc) is 2.29. The minimum atomic E-state index is -0.182. The van der Waals surface area contributed by atoms with Gasteiger partial charge < -0.3 is 9.47 Å². The third kappa shape index (κ3) is 5.18. The van der Waals surface area contributed by atoms with Crippen LogP contribution in [0.5, 0.6) is 0 Å². The Morgan fingerprint density at radius 3 is 2.67 bits per heavy atom. The van der Waals surface area contributed by atoms with E-state index in [-0.39, 0.29) is 5.97 Å². The standard InChI is InChI=1S/C12H16O3/c1-14-12(13)8-5-9-15-10-11-6-3-2-4-7-11/h2-4,6-7H,5,8-10H2,1H3. The highest BCUT2D eigenvalue weighted by Crippen LogP contribution is 2.01. The fraction of sp³-hybridized carbons (Fsp3) is 0.417. The number of hydrogen-bond donors (Lipinski definition) is 0. The Morgan fingerprint density at radius 2 is 2.00 bits per heavy atom. The van der Waals surface area contributed by atoms with Crippen LogP contribution in [0.3, 0.4) is 0 Å². The molecule has 0 amide bonds. The van der Waals surface area contributed by atoms with Crippen LogP contribution >= 0.6 is 0 Å². The number of benzene rings is 1. The molecule has 3 nitrogen and oxygen atoms in total. The first-order valence-electron chi connectivity index (χ1n) is 5.01. The van der Waals surface area contributed by atoms with Gasteiger partial charge in [0, 0.05) is 13.0 Å². The summed E-state index contributed by atoms with van der Waals surface area (Å²) < 4.78 is 9.93. The molecule has 0 fully saturated rings. The number of carbonyl (C=O) groups excluding carboxylic acids is 1. The fourth-order valence-corrected chi connectivity index (χ4v) is 1.18. The second-order valence-corrected chi connectivity index (χ2v) is 3.22. The molecule has 0 aliphatic carbocycles. The van der Waals surface area contributed by atoms with Gasteiger partial charge in [0.2, 0.25) is 0 Å². The van der Waals surface area contributed by atoms with Gasteiger partial charge in [-0.1, -0.05) is 30.3 Å². The molecule has 0 unspecified atom stereocenters. The molecule has 0 saturated heterocycles. The Labute approximate surface area is 90.0 Å². The quantitative estimate of drug-likeness (QED) is 0.531. The first-order chi connectivity index (χ1) is 7.33. The molecule has 1 rings (SSSR count). The zero-order valence-electron chi connectivity index (χ0n) is 8.94. The normalized spacial score (nSPS) is 9.93. The van der Waals surface area contributed by atoms with Crippen molar-refractivity contribution < 1.29 is 14.3 Å². The van der Waals surface area contributed by atoms with Crippen LogP contribution in [0, 0.1) is 0 Å². The van der Waals surface area contributed by atoms with Gasteiger partial charge in [-0.2, -0.15) is 0 Å². The first kappa shape index (κ1) is 11.7. The summed E-state index contributed by atoms with van der Waals surface area (Å²) in [7, 11) is 1.40. The number of hydrogen-bond acceptors (Lipinski definition) is 3. The maximum absolute atomic E-state index is 10.8. The minimum Gasteiger partial charge on any atom is -0.469 e. The van der Waals surface area contributed by atoms with Crippen LogP contribution in [0.15, 0.2) is 30.3 Å². The molecule has 82 valence electrons. The summed E-state index contributed by atoms with van der Waals surface area (Å²) in [6, 6.07) is 9.96. The second kappa shape index (κ2) is 7.01. The van der Waals surface area contributed by atoms with Gasteiger partial charge in [-0.25, -0.2) is 0 Å². The number of carbonyl (C=O) groups is 1. The Bertz CT molecular complexity index is 282. The molecule has 0 aliphatic rings. The topological polar surface area (TPSA) is 35.5 Å². The van der Waals surface area contributed by atoms with E-state index < -0.39 is 0 Å². The zero-order chi connectivity index (χ0) is 10.9. The molecule has 1 aromatic carbocycles. The third-order valence-electron chi connectivity index (χ3n) is 2.01. The van der Waals surface area contributed by atoms with Crippen molar-refractivity contribution in [3.05, 3.63) is 35.9 Å². The second-order valence-electron chi connectivity index (χ2n) is 3.22. The van der Waals surface area contributed by atoms with Crippen molar-refractivity contribution >= 4 is 5.97 Å². The summed E-state index contributed by atoms with van der Waals surface area (Å²) in [5.41, 5.74) is 1.15. The minimum absolute atomic E-state index is 0.182. The summed E-state index contributed by atoms with van der Waals surface area (Å²) in [5, 5.41) is 0. The molecule has 0 radical (unpaired) electrons. The Kier molecular flexibility index (Phi) is 5.48. The molecular weight excluding hydrogens is 192 g/mol. The molecule has 3 heteroatoms. The summed E-state index contributed by atoms with van der Waals surface area (Å²) in [6.07, 6.45) is 1.13. The Hall–Kier alpha value is -1.35. The van der Waals surface area contributed by atoms with E-state index in [1.807, 2.05) is 30.3 Å². The maximum atomic E-state index is 10.8. The van der Waals surface area contributed by atoms with E-state index in [0.717, 1.165) is 5.56 Å². The molecule has 0 saturated carbocycles. The lowest BCUT2D eigenvalue weighted by atomic mass is 10.2. The molecule has 0 spiro atoms. The van der Waals surface area contributed by atoms with Crippen molar-refractivity contribution in [2.24, 2.45) is 0 Å². The number of esters is 1. The molecule has 1 aromatic rings. The highest BCUT2D eigenvalue weighted by molar-refractivity contribution is 5.68. The molecule has 0 heterocycles. The van der Waals surface area contributed by atoms with Crippen LogP contribution in [0.2, 0.25) is 0 Å². The van der Waals surface area contributed by atoms with Crippen LogP contribution in [0.4, 0.5) is 0 Å². The van der Waals surface area contributed by atoms with Crippen LogP contribution in [0.25, 0.3) is 0 Å². The van der Waals surface area contributed by atoms with Gasteiger partial charge in [0.15, 0.2) is 0 Å². The number of ether oxygens (including phenoxy) is 2. The molecule has 0 aromatic heterocycles. The van der Waals surface area contributed by atoms with E-state index in [0.29, 0.717) is 26.1 Å². The lowest BCUT2D eigenvalue weighted by molar-refractivity contribution is -0.141. The van der Waals surface area contributed by atoms with E-state index >= 15 is 0 Å². The van der Waals surface area contributed by atoms with Crippen molar-refractivity contribution in [3.63, 3.8) is 0 Å². The van der Waals surface area contributed by atoms with E-state index in [9.17, 15) is 4.79 Å². The molecule has 0 atom stereocenters. The number of methoxy groups -OCH3 is 1. The van der Waals surface area contributed by atoms with Gasteiger partial charge >= 0.3 is 5.97 Å². The lowest BCUT2D eigenvalue weighted by Gasteiger charge is -2.03. The van der Waals surface area contributed by atoms with E-state index in [4.69, 9.17) is 4.74 Å². The molecular formula is C12H16O3. The van der Waals surface area contributed by atoms with Crippen molar-refractivity contribution in [2.75, 3.05) is 13.7 Å². The van der Waals surface area contributed by atoms with Gasteiger partial charge in [0.25, 0.3) is 0 Å². The number of rotatable bonds is 6. The van der Waals surface area contributed by atoms with E-state index in [2.05, 4.69) is 4.74 Å². The smallest absolute Gasteiger partial charge is 0.305 e. The molecule has 0 bridgehead atoms. The van der Waals surface area contributed by atoms with Crippen LogP contribution in [0.1, 0.15) is 18.4 Å². The van der Waals surface area contributed by atoms with E-state index in [1.165, 1.54) is 7.11 Å². The first-order valence-corrected chi connectivity index (χ1v) is 5.01. The lowest BCUT2D eigenvalue weighted by Crippen LogP contribution is -2.03. The van der Waals surface area contributed by atoms with Crippen LogP contribution in [-0.4, -0.2) is 19.7 Å². The SMILES string of the molecule is COC(=O)CCCOCc1ccccc1. The molecule has 0 N–H and O–H groups in total. The third-order valence-corrected chi connectivity index (χ3v) is 2.01. The summed E-state index contributed by atoms with van der Waals surface area (Å²) in [5.74, 6) is -0.182. The monoisotopic (exact) mass is 208 g/mol. The van der Waals surface area contributed by atoms with E-state index in [1.54, 1.807) is 0 Å². The predicted octanol–water partition coefficient (Wildman–Crippen LogP) is 2.16. The van der Waals surface area contributed by atoms with Crippen molar-refractivity contribution in [2.45, 2.75) is 19.4 Å². The zero-order valence-corrected chi connectivity index (χ0v) is 8.94. The van der Waals surface area contributed by atoms with Crippen molar-refractivity contribution in [1.82, 2.24) is 0 Å². The highest BCUT2D eigenvalue weighted by Gasteiger charge is 1.99. The van der Waals surface area contributed by atoms with Gasteiger partial charge in [-0.15, -0.1) is 0 Å². The Balaban J connectivity index is 2.05. The largest absolute Gasteiger partial charge is 0.469 e. The van der Waals surface area contributed by atoms with Crippen LogP contribution < -0.4 is 0 Å². The summed E-state index contributed by atoms with van der Waals surface area (Å²) in [4.78, 5) is 10.8. The van der Waals surface area contributed by atoms with Gasteiger partial charge in [-0.05, 0) is 12.0 Å². The van der Waals surface area contributed by atoms with Gasteiger partial charge in [0.1, 0.15) is 0 Å². The fourth-order valence-electron chi connectivity index (χ4n) is 1.18. The summed E-state index contributed by atoms with van der Waals surface area (Å²) in [6.45, 7) is 1.19. The van der Waals surface area contributed by atoms with Crippen molar-refractivity contribution in [3.8, 4) is 0 Å². The van der Waals surface area contributed by atoms with Crippen molar-refractivity contribution in [1.29, 1.82) is 0 Å².